The summed E-state index contributed by atoms with van der Waals surface area (Å²) in [6.45, 7) is 3.74. The number of guanidine groups is 1. The van der Waals surface area contributed by atoms with E-state index < -0.39 is 9.84 Å². The third-order valence-corrected chi connectivity index (χ3v) is 6.04. The maximum Gasteiger partial charge on any atom is 0.310 e. The van der Waals surface area contributed by atoms with Crippen LogP contribution in [0.3, 0.4) is 0 Å². The molecule has 0 bridgehead atoms. The number of likely N-dealkylation sites (tertiary alicyclic amines) is 1. The van der Waals surface area contributed by atoms with Gasteiger partial charge in [-0.15, -0.1) is 0 Å². The van der Waals surface area contributed by atoms with Gasteiger partial charge in [-0.1, -0.05) is 18.2 Å². The molecule has 0 aromatic heterocycles. The number of carbonyl (C=O) groups is 1. The Labute approximate surface area is 155 Å². The molecular weight excluding hydrogens is 354 g/mol. The highest BCUT2D eigenvalue weighted by Crippen LogP contribution is 2.18. The SMILES string of the molecule is CCOC(=O)C1CCCN(C(=NC)NCCS(=O)(=O)c2ccccc2)C1. The Morgan fingerprint density at radius 2 is 2.08 bits per heavy atom. The van der Waals surface area contributed by atoms with Crippen molar-refractivity contribution >= 4 is 21.8 Å². The highest BCUT2D eigenvalue weighted by Gasteiger charge is 2.28. The molecule has 26 heavy (non-hydrogen) atoms. The summed E-state index contributed by atoms with van der Waals surface area (Å²) in [5.41, 5.74) is 0. The highest BCUT2D eigenvalue weighted by molar-refractivity contribution is 7.91. The molecule has 1 aromatic carbocycles. The predicted molar refractivity (Wildman–Crippen MR) is 101 cm³/mol. The molecule has 0 saturated carbocycles. The molecule has 1 aliphatic rings. The van der Waals surface area contributed by atoms with Crippen LogP contribution in [0.1, 0.15) is 19.8 Å². The Morgan fingerprint density at radius 3 is 2.73 bits per heavy atom. The monoisotopic (exact) mass is 381 g/mol. The standard InChI is InChI=1S/C18H27N3O4S/c1-3-25-17(22)15-8-7-12-21(14-15)18(19-2)20-11-13-26(23,24)16-9-5-4-6-10-16/h4-6,9-10,15H,3,7-8,11-14H2,1-2H3,(H,19,20). The topological polar surface area (TPSA) is 88.1 Å². The minimum absolute atomic E-state index is 0.0226. The smallest absolute Gasteiger partial charge is 0.310 e. The number of nitrogens with zero attached hydrogens (tertiary/aromatic N) is 2. The lowest BCUT2D eigenvalue weighted by atomic mass is 9.98. The molecule has 0 aliphatic carbocycles. The lowest BCUT2D eigenvalue weighted by molar-refractivity contribution is -0.149. The van der Waals surface area contributed by atoms with E-state index in [1.807, 2.05) is 4.90 Å². The average molecular weight is 381 g/mol. The van der Waals surface area contributed by atoms with Gasteiger partial charge in [-0.05, 0) is 31.9 Å². The molecule has 1 heterocycles. The van der Waals surface area contributed by atoms with Crippen LogP contribution in [-0.2, 0) is 19.4 Å². The van der Waals surface area contributed by atoms with E-state index >= 15 is 0 Å². The number of aliphatic imine (C=N–C) groups is 1. The van der Waals surface area contributed by atoms with E-state index in [2.05, 4.69) is 10.3 Å². The summed E-state index contributed by atoms with van der Waals surface area (Å²) in [5.74, 6) is 0.238. The van der Waals surface area contributed by atoms with E-state index in [0.717, 1.165) is 19.4 Å². The van der Waals surface area contributed by atoms with Crippen LogP contribution in [0.2, 0.25) is 0 Å². The number of ether oxygens (including phenoxy) is 1. The molecule has 0 spiro atoms. The summed E-state index contributed by atoms with van der Waals surface area (Å²) in [6, 6.07) is 8.40. The molecule has 1 unspecified atom stereocenters. The molecule has 1 fully saturated rings. The first-order chi connectivity index (χ1) is 12.5. The van der Waals surface area contributed by atoms with Crippen molar-refractivity contribution in [3.05, 3.63) is 30.3 Å². The van der Waals surface area contributed by atoms with Crippen molar-refractivity contribution in [2.75, 3.05) is 39.0 Å². The molecule has 7 nitrogen and oxygen atoms in total. The van der Waals surface area contributed by atoms with Gasteiger partial charge in [0.15, 0.2) is 15.8 Å². The van der Waals surface area contributed by atoms with E-state index in [-0.39, 0.29) is 24.2 Å². The molecule has 144 valence electrons. The lowest BCUT2D eigenvalue weighted by Crippen LogP contribution is -2.49. The summed E-state index contributed by atoms with van der Waals surface area (Å²) in [7, 11) is -1.68. The van der Waals surface area contributed by atoms with Gasteiger partial charge in [0.2, 0.25) is 0 Å². The summed E-state index contributed by atoms with van der Waals surface area (Å²) < 4.78 is 29.8. The van der Waals surface area contributed by atoms with Crippen molar-refractivity contribution in [2.45, 2.75) is 24.7 Å². The van der Waals surface area contributed by atoms with Crippen molar-refractivity contribution in [3.63, 3.8) is 0 Å². The van der Waals surface area contributed by atoms with Gasteiger partial charge in [0, 0.05) is 26.7 Å². The zero-order valence-corrected chi connectivity index (χ0v) is 16.2. The second-order valence-electron chi connectivity index (χ2n) is 6.14. The predicted octanol–water partition coefficient (Wildman–Crippen LogP) is 1.31. The van der Waals surface area contributed by atoms with Crippen LogP contribution in [0.15, 0.2) is 40.2 Å². The highest BCUT2D eigenvalue weighted by atomic mass is 32.2. The second-order valence-corrected chi connectivity index (χ2v) is 8.25. The number of hydrogen-bond acceptors (Lipinski definition) is 5. The Morgan fingerprint density at radius 1 is 1.35 bits per heavy atom. The van der Waals surface area contributed by atoms with Crippen LogP contribution >= 0.6 is 0 Å². The maximum atomic E-state index is 12.3. The van der Waals surface area contributed by atoms with Crippen molar-refractivity contribution in [3.8, 4) is 0 Å². The number of benzene rings is 1. The fourth-order valence-corrected chi connectivity index (χ4v) is 4.18. The van der Waals surface area contributed by atoms with E-state index in [1.54, 1.807) is 44.3 Å². The number of piperidine rings is 1. The molecule has 1 N–H and O–H groups in total. The Kier molecular flexibility index (Phi) is 7.44. The summed E-state index contributed by atoms with van der Waals surface area (Å²) in [5, 5.41) is 3.10. The Balaban J connectivity index is 1.90. The number of sulfone groups is 1. The maximum absolute atomic E-state index is 12.3. The first kappa shape index (κ1) is 20.2. The summed E-state index contributed by atoms with van der Waals surface area (Å²) in [6.07, 6.45) is 1.67. The number of esters is 1. The van der Waals surface area contributed by atoms with E-state index in [1.165, 1.54) is 0 Å². The van der Waals surface area contributed by atoms with Crippen LogP contribution in [0.25, 0.3) is 0 Å². The Bertz CT molecular complexity index is 719. The molecule has 8 heteroatoms. The first-order valence-corrected chi connectivity index (χ1v) is 10.5. The van der Waals surface area contributed by atoms with Crippen molar-refractivity contribution in [2.24, 2.45) is 10.9 Å². The van der Waals surface area contributed by atoms with Crippen LogP contribution in [0.4, 0.5) is 0 Å². The minimum atomic E-state index is -3.34. The molecule has 1 atom stereocenters. The second kappa shape index (κ2) is 9.56. The van der Waals surface area contributed by atoms with Crippen LogP contribution in [0, 0.1) is 5.92 Å². The zero-order chi connectivity index (χ0) is 19.0. The molecule has 0 radical (unpaired) electrons. The third-order valence-electron chi connectivity index (χ3n) is 4.31. The number of hydrogen-bond donors (Lipinski definition) is 1. The van der Waals surface area contributed by atoms with Crippen molar-refractivity contribution in [1.82, 2.24) is 10.2 Å². The van der Waals surface area contributed by atoms with E-state index in [0.29, 0.717) is 24.0 Å². The van der Waals surface area contributed by atoms with Gasteiger partial charge >= 0.3 is 5.97 Å². The van der Waals surface area contributed by atoms with Gasteiger partial charge in [-0.25, -0.2) is 8.42 Å². The fourth-order valence-electron chi connectivity index (χ4n) is 3.00. The quantitative estimate of drug-likeness (QED) is 0.454. The van der Waals surface area contributed by atoms with E-state index in [9.17, 15) is 13.2 Å². The first-order valence-electron chi connectivity index (χ1n) is 8.88. The third kappa shape index (κ3) is 5.45. The van der Waals surface area contributed by atoms with Gasteiger partial charge in [-0.3, -0.25) is 9.79 Å². The molecule has 1 aliphatic heterocycles. The zero-order valence-electron chi connectivity index (χ0n) is 15.3. The summed E-state index contributed by atoms with van der Waals surface area (Å²) >= 11 is 0. The summed E-state index contributed by atoms with van der Waals surface area (Å²) in [4.78, 5) is 18.5. The number of nitrogens with one attached hydrogen (secondary N) is 1. The van der Waals surface area contributed by atoms with Crippen molar-refractivity contribution in [1.29, 1.82) is 0 Å². The van der Waals surface area contributed by atoms with Gasteiger partial charge in [0.1, 0.15) is 0 Å². The number of rotatable bonds is 6. The van der Waals surface area contributed by atoms with Gasteiger partial charge in [0.25, 0.3) is 0 Å². The van der Waals surface area contributed by atoms with Crippen molar-refractivity contribution < 1.29 is 17.9 Å². The normalized spacial score (nSPS) is 18.5. The fraction of sp³-hybridized carbons (Fsp3) is 0.556. The van der Waals surface area contributed by atoms with Gasteiger partial charge in [-0.2, -0.15) is 0 Å². The van der Waals surface area contributed by atoms with Crippen LogP contribution in [0.5, 0.6) is 0 Å². The molecular formula is C18H27N3O4S. The van der Waals surface area contributed by atoms with Crippen LogP contribution in [-0.4, -0.2) is 64.3 Å². The molecule has 1 aromatic rings. The number of carbonyl (C=O) groups excluding carboxylic acids is 1. The largest absolute Gasteiger partial charge is 0.466 e. The average Bonchev–Trinajstić information content (AvgIpc) is 2.66. The molecule has 0 amide bonds. The van der Waals surface area contributed by atoms with E-state index in [4.69, 9.17) is 4.74 Å². The molecule has 1 saturated heterocycles. The minimum Gasteiger partial charge on any atom is -0.466 e. The van der Waals surface area contributed by atoms with Crippen LogP contribution < -0.4 is 5.32 Å². The Hall–Kier alpha value is -2.09. The molecule has 2 rings (SSSR count). The van der Waals surface area contributed by atoms with Gasteiger partial charge < -0.3 is 15.0 Å². The lowest BCUT2D eigenvalue weighted by Gasteiger charge is -2.33. The van der Waals surface area contributed by atoms with Gasteiger partial charge in [0.05, 0.1) is 23.2 Å².